The van der Waals surface area contributed by atoms with Gasteiger partial charge in [0.1, 0.15) is 6.10 Å². The van der Waals surface area contributed by atoms with Crippen molar-refractivity contribution in [1.29, 1.82) is 0 Å². The summed E-state index contributed by atoms with van der Waals surface area (Å²) in [4.78, 5) is 0. The summed E-state index contributed by atoms with van der Waals surface area (Å²) < 4.78 is 1.46. The summed E-state index contributed by atoms with van der Waals surface area (Å²) in [7, 11) is 0. The molecular weight excluding hydrogens is 180 g/mol. The first kappa shape index (κ1) is 8.83. The third kappa shape index (κ3) is 1.49. The predicted octanol–water partition coefficient (Wildman–Crippen LogP) is 0.530. The van der Waals surface area contributed by atoms with Crippen LogP contribution >= 0.6 is 0 Å². The van der Waals surface area contributed by atoms with Gasteiger partial charge in [0.2, 0.25) is 0 Å². The highest BCUT2D eigenvalue weighted by Crippen LogP contribution is 2.12. The third-order valence-electron chi connectivity index (χ3n) is 1.79. The molecule has 0 bridgehead atoms. The Balaban J connectivity index is 2.47. The summed E-state index contributed by atoms with van der Waals surface area (Å²) >= 11 is 0. The second-order valence-corrected chi connectivity index (χ2v) is 2.80. The van der Waals surface area contributed by atoms with E-state index in [0.29, 0.717) is 5.82 Å². The highest BCUT2D eigenvalue weighted by Gasteiger charge is 2.12. The zero-order valence-electron chi connectivity index (χ0n) is 7.41. The van der Waals surface area contributed by atoms with Crippen LogP contribution in [-0.2, 0) is 0 Å². The number of rotatable bonds is 2. The molecule has 2 rings (SSSR count). The molecule has 1 atom stereocenters. The second-order valence-electron chi connectivity index (χ2n) is 2.80. The van der Waals surface area contributed by atoms with Crippen LogP contribution in [0.15, 0.2) is 30.3 Å². The van der Waals surface area contributed by atoms with Crippen molar-refractivity contribution in [3.63, 3.8) is 0 Å². The number of benzene rings is 1. The first-order valence-electron chi connectivity index (χ1n) is 4.14. The largest absolute Gasteiger partial charge is 0.385 e. The molecule has 0 fully saturated rings. The van der Waals surface area contributed by atoms with E-state index in [2.05, 4.69) is 22.4 Å². The molecule has 71 valence electrons. The number of hydrogen-bond donors (Lipinski definition) is 1. The minimum absolute atomic E-state index is 0.330. The Morgan fingerprint density at radius 2 is 2.00 bits per heavy atom. The van der Waals surface area contributed by atoms with E-state index in [9.17, 15) is 5.11 Å². The maximum atomic E-state index is 9.28. The van der Waals surface area contributed by atoms with Gasteiger partial charge in [0.25, 0.3) is 0 Å². The fraction of sp³-hybridized carbons (Fsp3) is 0.111. The molecular formula is C9H9N4O. The molecule has 0 saturated carbocycles. The molecule has 1 N–H and O–H groups in total. The number of aliphatic hydroxyl groups excluding tert-OH is 1. The summed E-state index contributed by atoms with van der Waals surface area (Å²) in [6.07, 6.45) is -0.926. The van der Waals surface area contributed by atoms with Gasteiger partial charge in [0, 0.05) is 0 Å². The maximum Gasteiger partial charge on any atom is 0.185 e. The molecule has 1 radical (unpaired) electrons. The van der Waals surface area contributed by atoms with Gasteiger partial charge in [-0.15, -0.1) is 5.10 Å². The molecule has 0 aliphatic heterocycles. The average Bonchev–Trinajstić information content (AvgIpc) is 2.67. The zero-order chi connectivity index (χ0) is 9.97. The van der Waals surface area contributed by atoms with Gasteiger partial charge in [-0.1, -0.05) is 18.2 Å². The van der Waals surface area contributed by atoms with E-state index < -0.39 is 6.10 Å². The van der Waals surface area contributed by atoms with E-state index in [1.54, 1.807) is 0 Å². The fourth-order valence-electron chi connectivity index (χ4n) is 1.15. The number of nitrogens with zero attached hydrogens (tertiary/aromatic N) is 4. The highest BCUT2D eigenvalue weighted by atomic mass is 16.3. The molecule has 5 nitrogen and oxygen atoms in total. The second kappa shape index (κ2) is 3.55. The van der Waals surface area contributed by atoms with Crippen molar-refractivity contribution in [3.05, 3.63) is 43.1 Å². The Labute approximate surface area is 81.0 Å². The van der Waals surface area contributed by atoms with Crippen molar-refractivity contribution in [1.82, 2.24) is 20.2 Å². The van der Waals surface area contributed by atoms with Crippen LogP contribution in [0.5, 0.6) is 0 Å². The molecule has 1 unspecified atom stereocenters. The molecule has 0 spiro atoms. The number of aromatic nitrogens is 4. The van der Waals surface area contributed by atoms with E-state index in [4.69, 9.17) is 0 Å². The van der Waals surface area contributed by atoms with Crippen LogP contribution in [0.25, 0.3) is 5.69 Å². The van der Waals surface area contributed by atoms with Gasteiger partial charge in [0.05, 0.1) is 5.69 Å². The summed E-state index contributed by atoms with van der Waals surface area (Å²) in [5, 5.41) is 20.2. The third-order valence-corrected chi connectivity index (χ3v) is 1.79. The van der Waals surface area contributed by atoms with Crippen LogP contribution in [0.4, 0.5) is 0 Å². The summed E-state index contributed by atoms with van der Waals surface area (Å²) in [5.74, 6) is 0.330. The minimum atomic E-state index is -0.926. The summed E-state index contributed by atoms with van der Waals surface area (Å²) in [6.45, 7) is 3.46. The number of para-hydroxylation sites is 1. The van der Waals surface area contributed by atoms with Crippen molar-refractivity contribution in [2.45, 2.75) is 6.10 Å². The van der Waals surface area contributed by atoms with Crippen molar-refractivity contribution in [3.8, 4) is 5.69 Å². The molecule has 1 heterocycles. The lowest BCUT2D eigenvalue weighted by Gasteiger charge is -2.04. The SMILES string of the molecule is [CH2]C(O)c1nnnn1-c1ccccc1. The molecule has 0 amide bonds. The lowest BCUT2D eigenvalue weighted by Crippen LogP contribution is -2.06. The average molecular weight is 189 g/mol. The molecule has 0 aliphatic carbocycles. The molecule has 2 aromatic rings. The topological polar surface area (TPSA) is 63.8 Å². The Hall–Kier alpha value is -1.75. The van der Waals surface area contributed by atoms with Gasteiger partial charge in [0.15, 0.2) is 5.82 Å². The number of aliphatic hydroxyl groups is 1. The first-order valence-corrected chi connectivity index (χ1v) is 4.14. The van der Waals surface area contributed by atoms with Crippen molar-refractivity contribution in [2.24, 2.45) is 0 Å². The van der Waals surface area contributed by atoms with Crippen molar-refractivity contribution in [2.75, 3.05) is 0 Å². The smallest absolute Gasteiger partial charge is 0.185 e. The van der Waals surface area contributed by atoms with Gasteiger partial charge in [-0.3, -0.25) is 0 Å². The van der Waals surface area contributed by atoms with E-state index in [1.807, 2.05) is 30.3 Å². The molecule has 1 aromatic carbocycles. The zero-order valence-corrected chi connectivity index (χ0v) is 7.41. The molecule has 0 aliphatic rings. The molecule has 1 aromatic heterocycles. The van der Waals surface area contributed by atoms with Crippen LogP contribution in [0, 0.1) is 6.92 Å². The Kier molecular flexibility index (Phi) is 2.24. The van der Waals surface area contributed by atoms with Gasteiger partial charge in [-0.05, 0) is 29.5 Å². The van der Waals surface area contributed by atoms with Crippen LogP contribution in [0.3, 0.4) is 0 Å². The van der Waals surface area contributed by atoms with Gasteiger partial charge < -0.3 is 5.11 Å². The van der Waals surface area contributed by atoms with Gasteiger partial charge in [-0.25, -0.2) is 0 Å². The summed E-state index contributed by atoms with van der Waals surface area (Å²) in [6, 6.07) is 9.34. The van der Waals surface area contributed by atoms with Crippen LogP contribution < -0.4 is 0 Å². The predicted molar refractivity (Wildman–Crippen MR) is 49.5 cm³/mol. The molecule has 5 heteroatoms. The molecule has 14 heavy (non-hydrogen) atoms. The quantitative estimate of drug-likeness (QED) is 0.748. The van der Waals surface area contributed by atoms with E-state index in [0.717, 1.165) is 5.69 Å². The van der Waals surface area contributed by atoms with Gasteiger partial charge in [-0.2, -0.15) is 4.68 Å². The lowest BCUT2D eigenvalue weighted by atomic mass is 10.3. The van der Waals surface area contributed by atoms with Gasteiger partial charge >= 0.3 is 0 Å². The monoisotopic (exact) mass is 189 g/mol. The van der Waals surface area contributed by atoms with Crippen LogP contribution in [-0.4, -0.2) is 25.3 Å². The minimum Gasteiger partial charge on any atom is -0.385 e. The number of tetrazole rings is 1. The van der Waals surface area contributed by atoms with E-state index in [-0.39, 0.29) is 0 Å². The van der Waals surface area contributed by atoms with E-state index >= 15 is 0 Å². The van der Waals surface area contributed by atoms with Crippen molar-refractivity contribution < 1.29 is 5.11 Å². The lowest BCUT2D eigenvalue weighted by molar-refractivity contribution is 0.212. The first-order chi connectivity index (χ1) is 6.79. The number of hydrogen-bond acceptors (Lipinski definition) is 4. The Morgan fingerprint density at radius 3 is 2.64 bits per heavy atom. The van der Waals surface area contributed by atoms with E-state index in [1.165, 1.54) is 4.68 Å². The highest BCUT2D eigenvalue weighted by molar-refractivity contribution is 5.30. The Morgan fingerprint density at radius 1 is 1.29 bits per heavy atom. The van der Waals surface area contributed by atoms with Crippen LogP contribution in [0.2, 0.25) is 0 Å². The summed E-state index contributed by atoms with van der Waals surface area (Å²) in [5.41, 5.74) is 0.801. The van der Waals surface area contributed by atoms with Crippen LogP contribution in [0.1, 0.15) is 11.9 Å². The fourth-order valence-corrected chi connectivity index (χ4v) is 1.15. The Bertz CT molecular complexity index is 410. The molecule has 0 saturated heterocycles. The van der Waals surface area contributed by atoms with Crippen molar-refractivity contribution >= 4 is 0 Å². The maximum absolute atomic E-state index is 9.28. The normalized spacial score (nSPS) is 12.7. The standard InChI is InChI=1S/C9H9N4O/c1-7(14)9-10-11-12-13(9)8-5-3-2-4-6-8/h2-7,14H,1H2.